The molecule has 0 bridgehead atoms. The van der Waals surface area contributed by atoms with Crippen LogP contribution in [-0.4, -0.2) is 23.0 Å². The molecule has 0 aliphatic carbocycles. The summed E-state index contributed by atoms with van der Waals surface area (Å²) in [6.07, 6.45) is 1.08. The number of hydrogen-bond acceptors (Lipinski definition) is 2. The van der Waals surface area contributed by atoms with E-state index < -0.39 is 0 Å². The number of rotatable bonds is 2. The van der Waals surface area contributed by atoms with Gasteiger partial charge in [0.15, 0.2) is 0 Å². The second kappa shape index (κ2) is 4.50. The Labute approximate surface area is 96.3 Å². The van der Waals surface area contributed by atoms with Crippen LogP contribution >= 0.6 is 11.6 Å². The van der Waals surface area contributed by atoms with E-state index in [4.69, 9.17) is 11.6 Å². The molecule has 1 aromatic rings. The number of pyridine rings is 1. The van der Waals surface area contributed by atoms with Gasteiger partial charge in [0.2, 0.25) is 0 Å². The predicted octanol–water partition coefficient (Wildman–Crippen LogP) is 2.51. The second-order valence-corrected chi connectivity index (χ2v) is 4.36. The molecule has 0 spiro atoms. The van der Waals surface area contributed by atoms with Gasteiger partial charge in [-0.3, -0.25) is 9.88 Å². The summed E-state index contributed by atoms with van der Waals surface area (Å²) in [5.74, 6) is 0.568. The van der Waals surface area contributed by atoms with E-state index in [1.165, 1.54) is 16.8 Å². The Balaban J connectivity index is 2.33. The molecule has 2 heterocycles. The summed E-state index contributed by atoms with van der Waals surface area (Å²) in [5.41, 5.74) is 4.90. The van der Waals surface area contributed by atoms with E-state index in [1.807, 2.05) is 6.92 Å². The Bertz CT molecular complexity index is 363. The molecule has 0 aromatic carbocycles. The number of aryl methyl sites for hydroxylation is 1. The number of fused-ring (bicyclic) bond motifs is 1. The van der Waals surface area contributed by atoms with Crippen LogP contribution in [0.2, 0.25) is 0 Å². The quantitative estimate of drug-likeness (QED) is 0.718. The number of halogens is 1. The highest BCUT2D eigenvalue weighted by atomic mass is 35.5. The number of aromatic nitrogens is 1. The number of likely N-dealkylation sites (N-methyl/N-ethyl adjacent to an activating group) is 1. The molecule has 0 N–H and O–H groups in total. The Hall–Kier alpha value is -0.600. The van der Waals surface area contributed by atoms with Crippen molar-refractivity contribution in [2.75, 3.05) is 13.1 Å². The first kappa shape index (κ1) is 10.9. The second-order valence-electron chi connectivity index (χ2n) is 4.09. The molecule has 2 nitrogen and oxygen atoms in total. The summed E-state index contributed by atoms with van der Waals surface area (Å²) in [7, 11) is 0. The summed E-state index contributed by atoms with van der Waals surface area (Å²) in [6.45, 7) is 7.53. The molecule has 3 heteroatoms. The molecule has 0 radical (unpaired) electrons. The van der Waals surface area contributed by atoms with E-state index >= 15 is 0 Å². The fourth-order valence-electron chi connectivity index (χ4n) is 2.09. The van der Waals surface area contributed by atoms with Gasteiger partial charge in [-0.05, 0) is 30.7 Å². The molecule has 0 atom stereocenters. The Morgan fingerprint density at radius 2 is 2.33 bits per heavy atom. The van der Waals surface area contributed by atoms with Gasteiger partial charge in [-0.2, -0.15) is 0 Å². The maximum Gasteiger partial charge on any atom is 0.0492 e. The van der Waals surface area contributed by atoms with E-state index in [2.05, 4.69) is 22.9 Å². The van der Waals surface area contributed by atoms with Gasteiger partial charge in [0.25, 0.3) is 0 Å². The lowest BCUT2D eigenvalue weighted by Crippen LogP contribution is -2.31. The zero-order valence-electron chi connectivity index (χ0n) is 9.39. The number of hydrogen-bond donors (Lipinski definition) is 0. The smallest absolute Gasteiger partial charge is 0.0492 e. The third-order valence-corrected chi connectivity index (χ3v) is 3.42. The van der Waals surface area contributed by atoms with Crippen molar-refractivity contribution in [1.82, 2.24) is 9.88 Å². The van der Waals surface area contributed by atoms with Crippen molar-refractivity contribution in [2.24, 2.45) is 0 Å². The van der Waals surface area contributed by atoms with Gasteiger partial charge < -0.3 is 0 Å². The maximum absolute atomic E-state index is 5.89. The highest BCUT2D eigenvalue weighted by Gasteiger charge is 2.17. The molecule has 82 valence electrons. The maximum atomic E-state index is 5.89. The fraction of sp³-hybridized carbons (Fsp3) is 0.583. The molecular weight excluding hydrogens is 208 g/mol. The molecule has 2 rings (SSSR count). The lowest BCUT2D eigenvalue weighted by atomic mass is 10.0. The highest BCUT2D eigenvalue weighted by molar-refractivity contribution is 6.17. The minimum absolute atomic E-state index is 0.568. The Morgan fingerprint density at radius 1 is 1.53 bits per heavy atom. The van der Waals surface area contributed by atoms with Crippen LogP contribution in [0.15, 0.2) is 6.07 Å². The van der Waals surface area contributed by atoms with Gasteiger partial charge >= 0.3 is 0 Å². The van der Waals surface area contributed by atoms with Crippen molar-refractivity contribution in [2.45, 2.75) is 32.7 Å². The van der Waals surface area contributed by atoms with Crippen molar-refractivity contribution >= 4 is 11.6 Å². The molecule has 0 amide bonds. The Kier molecular flexibility index (Phi) is 3.27. The molecule has 1 aliphatic heterocycles. The van der Waals surface area contributed by atoms with Gasteiger partial charge in [-0.25, -0.2) is 0 Å². The molecule has 0 saturated carbocycles. The molecule has 0 fully saturated rings. The minimum atomic E-state index is 0.568. The normalized spacial score (nSPS) is 16.5. The summed E-state index contributed by atoms with van der Waals surface area (Å²) < 4.78 is 0. The predicted molar refractivity (Wildman–Crippen MR) is 63.2 cm³/mol. The molecule has 1 aromatic heterocycles. The van der Waals surface area contributed by atoms with Crippen LogP contribution in [0.1, 0.15) is 29.4 Å². The monoisotopic (exact) mass is 224 g/mol. The van der Waals surface area contributed by atoms with Crippen LogP contribution in [0, 0.1) is 6.92 Å². The lowest BCUT2D eigenvalue weighted by Gasteiger charge is -2.27. The standard InChI is InChI=1S/C12H17ClN2/c1-3-15-5-4-12-11(8-15)6-10(7-13)9(2)14-12/h6H,3-5,7-8H2,1-2H3. The zero-order valence-corrected chi connectivity index (χ0v) is 10.1. The highest BCUT2D eigenvalue weighted by Crippen LogP contribution is 2.21. The first-order chi connectivity index (χ1) is 7.24. The summed E-state index contributed by atoms with van der Waals surface area (Å²) in [4.78, 5) is 7.08. The van der Waals surface area contributed by atoms with Gasteiger partial charge in [-0.1, -0.05) is 6.92 Å². The summed E-state index contributed by atoms with van der Waals surface area (Å²) >= 11 is 5.89. The van der Waals surface area contributed by atoms with Gasteiger partial charge in [0.1, 0.15) is 0 Å². The lowest BCUT2D eigenvalue weighted by molar-refractivity contribution is 0.265. The topological polar surface area (TPSA) is 16.1 Å². The average molecular weight is 225 g/mol. The largest absolute Gasteiger partial charge is 0.299 e. The van der Waals surface area contributed by atoms with Crippen LogP contribution in [0.4, 0.5) is 0 Å². The van der Waals surface area contributed by atoms with Crippen LogP contribution in [0.25, 0.3) is 0 Å². The number of nitrogens with zero attached hydrogens (tertiary/aromatic N) is 2. The van der Waals surface area contributed by atoms with E-state index in [1.54, 1.807) is 0 Å². The fourth-order valence-corrected chi connectivity index (χ4v) is 2.36. The number of alkyl halides is 1. The van der Waals surface area contributed by atoms with Crippen LogP contribution in [0.3, 0.4) is 0 Å². The first-order valence-electron chi connectivity index (χ1n) is 5.51. The van der Waals surface area contributed by atoms with Crippen molar-refractivity contribution in [1.29, 1.82) is 0 Å². The van der Waals surface area contributed by atoms with Crippen LogP contribution in [0.5, 0.6) is 0 Å². The van der Waals surface area contributed by atoms with Gasteiger partial charge in [-0.15, -0.1) is 11.6 Å². The van der Waals surface area contributed by atoms with Crippen molar-refractivity contribution in [3.05, 3.63) is 28.6 Å². The van der Waals surface area contributed by atoms with Crippen LogP contribution < -0.4 is 0 Å². The van der Waals surface area contributed by atoms with E-state index in [9.17, 15) is 0 Å². The molecule has 1 aliphatic rings. The van der Waals surface area contributed by atoms with Gasteiger partial charge in [0, 0.05) is 36.8 Å². The molecular formula is C12H17ClN2. The van der Waals surface area contributed by atoms with E-state index in [0.29, 0.717) is 5.88 Å². The third kappa shape index (κ3) is 2.16. The van der Waals surface area contributed by atoms with Crippen LogP contribution in [-0.2, 0) is 18.8 Å². The minimum Gasteiger partial charge on any atom is -0.299 e. The van der Waals surface area contributed by atoms with Crippen molar-refractivity contribution in [3.8, 4) is 0 Å². The van der Waals surface area contributed by atoms with E-state index in [-0.39, 0.29) is 0 Å². The molecule has 15 heavy (non-hydrogen) atoms. The molecule has 0 unspecified atom stereocenters. The average Bonchev–Trinajstić information content (AvgIpc) is 2.27. The first-order valence-corrected chi connectivity index (χ1v) is 6.04. The third-order valence-electron chi connectivity index (χ3n) is 3.14. The summed E-state index contributed by atoms with van der Waals surface area (Å²) in [5, 5.41) is 0. The molecule has 0 saturated heterocycles. The summed E-state index contributed by atoms with van der Waals surface area (Å²) in [6, 6.07) is 2.23. The Morgan fingerprint density at radius 3 is 3.00 bits per heavy atom. The zero-order chi connectivity index (χ0) is 10.8. The van der Waals surface area contributed by atoms with Crippen molar-refractivity contribution in [3.63, 3.8) is 0 Å². The van der Waals surface area contributed by atoms with Gasteiger partial charge in [0.05, 0.1) is 0 Å². The van der Waals surface area contributed by atoms with E-state index in [0.717, 1.165) is 31.7 Å². The van der Waals surface area contributed by atoms with Crippen molar-refractivity contribution < 1.29 is 0 Å². The SMILES string of the molecule is CCN1CCc2nc(C)c(CCl)cc2C1.